The normalized spacial score (nSPS) is 0. The van der Waals surface area contributed by atoms with Crippen LogP contribution in [0.4, 0.5) is 0 Å². The molecule has 0 saturated carbocycles. The average molecular weight is 264 g/mol. The summed E-state index contributed by atoms with van der Waals surface area (Å²) in [4.78, 5) is 0. The molecular formula is H4KSbTiV. The fraction of sp³-hybridized carbons (Fsp3) is 0. The van der Waals surface area contributed by atoms with Gasteiger partial charge in [0.05, 0.1) is 0 Å². The van der Waals surface area contributed by atoms with Gasteiger partial charge in [-0.1, -0.05) is 0 Å². The van der Waals surface area contributed by atoms with Gasteiger partial charge in [0.1, 0.15) is 0 Å². The molecule has 0 nitrogen and oxygen atoms in total. The van der Waals surface area contributed by atoms with Gasteiger partial charge >= 0.3 is 75.8 Å². The van der Waals surface area contributed by atoms with Crippen LogP contribution in [0.25, 0.3) is 0 Å². The Morgan fingerprint density at radius 3 is 1.00 bits per heavy atom. The fourth-order valence-electron chi connectivity index (χ4n) is 0. The van der Waals surface area contributed by atoms with E-state index < -0.39 is 0 Å². The minimum absolute atomic E-state index is 0. The van der Waals surface area contributed by atoms with E-state index in [0.29, 0.717) is 0 Å². The molecule has 0 aliphatic heterocycles. The third-order valence-corrected chi connectivity index (χ3v) is 0. The molecule has 0 unspecified atom stereocenters. The van der Waals surface area contributed by atoms with E-state index in [0.717, 1.165) is 0 Å². The van der Waals surface area contributed by atoms with Gasteiger partial charge in [0.25, 0.3) is 0 Å². The topological polar surface area (TPSA) is 0 Å². The molecule has 0 aromatic heterocycles. The van der Waals surface area contributed by atoms with Crippen LogP contribution in [0, 0.1) is 0 Å². The number of rotatable bonds is 0. The Morgan fingerprint density at radius 2 is 1.00 bits per heavy atom. The van der Waals surface area contributed by atoms with Crippen molar-refractivity contribution in [2.45, 2.75) is 0 Å². The molecule has 1 radical (unpaired) electrons. The van der Waals surface area contributed by atoms with Crippen molar-refractivity contribution in [1.82, 2.24) is 0 Å². The largest absolute Gasteiger partial charge is 0 e. The van der Waals surface area contributed by atoms with Crippen LogP contribution < -0.4 is 0 Å². The summed E-state index contributed by atoms with van der Waals surface area (Å²) in [7, 11) is 0. The van der Waals surface area contributed by atoms with Gasteiger partial charge in [-0.25, -0.2) is 0 Å². The molecule has 0 fully saturated rings. The van der Waals surface area contributed by atoms with Crippen LogP contribution in [0.5, 0.6) is 0 Å². The molecule has 0 aliphatic carbocycles. The molecule has 0 aliphatic rings. The molecule has 4 heteroatoms. The molecule has 0 aromatic rings. The van der Waals surface area contributed by atoms with Gasteiger partial charge in [-0.05, 0) is 0 Å². The molecule has 0 spiro atoms. The van der Waals surface area contributed by atoms with Gasteiger partial charge < -0.3 is 0 Å². The summed E-state index contributed by atoms with van der Waals surface area (Å²) in [6, 6.07) is 0. The van der Waals surface area contributed by atoms with E-state index in [9.17, 15) is 0 Å². The molecule has 0 heterocycles. The van der Waals surface area contributed by atoms with Crippen molar-refractivity contribution in [3.63, 3.8) is 0 Å². The van der Waals surface area contributed by atoms with E-state index in [4.69, 9.17) is 0 Å². The monoisotopic (exact) mass is 263 g/mol. The Bertz CT molecular complexity index is 8.00. The quantitative estimate of drug-likeness (QED) is 0.451. The van der Waals surface area contributed by atoms with E-state index in [1.54, 1.807) is 0 Å². The van der Waals surface area contributed by atoms with Crippen LogP contribution in [0.3, 0.4) is 0 Å². The van der Waals surface area contributed by atoms with E-state index in [2.05, 4.69) is 0 Å². The van der Waals surface area contributed by atoms with Crippen molar-refractivity contribution in [1.29, 1.82) is 0 Å². The summed E-state index contributed by atoms with van der Waals surface area (Å²) >= 11 is 0. The third kappa shape index (κ3) is 9.23. The maximum Gasteiger partial charge on any atom is 0 e. The Hall–Kier alpha value is 3.75. The van der Waals surface area contributed by atoms with Crippen molar-refractivity contribution in [2.24, 2.45) is 0 Å². The van der Waals surface area contributed by atoms with Crippen LogP contribution in [-0.4, -0.2) is 75.8 Å². The first-order valence-corrected chi connectivity index (χ1v) is 0. The first-order chi connectivity index (χ1) is 0. The zero-order valence-electron chi connectivity index (χ0n) is 1.65. The predicted molar refractivity (Wildman–Crippen MR) is 17.1 cm³/mol. The second-order valence-electron chi connectivity index (χ2n) is 0. The van der Waals surface area contributed by atoms with Crippen LogP contribution >= 0.6 is 0 Å². The zero-order chi connectivity index (χ0) is 0. The Balaban J connectivity index is 0. The molecule has 0 saturated heterocycles. The molecule has 19 valence electrons. The standard InChI is InChI=1S/K.Sb.Ti.V.4H. The van der Waals surface area contributed by atoms with Gasteiger partial charge in [-0.15, -0.1) is 0 Å². The molecule has 0 bridgehead atoms. The third-order valence-electron chi connectivity index (χ3n) is 0. The first-order valence-electron chi connectivity index (χ1n) is 0. The van der Waals surface area contributed by atoms with E-state index >= 15 is 0 Å². The summed E-state index contributed by atoms with van der Waals surface area (Å²) in [5, 5.41) is 0. The number of hydrogen-bond donors (Lipinski definition) is 0. The Kier molecular flexibility index (Phi) is 99.6. The molecule has 4 heavy (non-hydrogen) atoms. The summed E-state index contributed by atoms with van der Waals surface area (Å²) in [6.07, 6.45) is 0. The van der Waals surface area contributed by atoms with Gasteiger partial charge in [0.15, 0.2) is 0 Å². The molecule has 0 rings (SSSR count). The summed E-state index contributed by atoms with van der Waals surface area (Å²) in [5.41, 5.74) is 0. The summed E-state index contributed by atoms with van der Waals surface area (Å²) in [5.74, 6) is 0. The van der Waals surface area contributed by atoms with Crippen LogP contribution in [0.2, 0.25) is 0 Å². The molecule has 0 aromatic carbocycles. The smallest absolute Gasteiger partial charge is 0 e. The van der Waals surface area contributed by atoms with E-state index in [-0.39, 0.29) is 116 Å². The molecule has 0 amide bonds. The molecule has 0 N–H and O–H groups in total. The Morgan fingerprint density at radius 1 is 1.00 bits per heavy atom. The fourth-order valence-corrected chi connectivity index (χ4v) is 0. The van der Waals surface area contributed by atoms with Crippen LogP contribution in [-0.2, 0) is 40.3 Å². The van der Waals surface area contributed by atoms with Gasteiger partial charge in [0.2, 0.25) is 0 Å². The van der Waals surface area contributed by atoms with Gasteiger partial charge in [0, 0.05) is 40.3 Å². The number of hydrogen-bond acceptors (Lipinski definition) is 0. The molecule has 0 atom stereocenters. The maximum absolute atomic E-state index is 0. The van der Waals surface area contributed by atoms with Gasteiger partial charge in [-0.2, -0.15) is 0 Å². The van der Waals surface area contributed by atoms with Crippen LogP contribution in [0.1, 0.15) is 0 Å². The first kappa shape index (κ1) is 25.1. The minimum Gasteiger partial charge on any atom is 0 e. The van der Waals surface area contributed by atoms with Crippen molar-refractivity contribution in [3.8, 4) is 0 Å². The van der Waals surface area contributed by atoms with Crippen molar-refractivity contribution >= 4 is 75.8 Å². The van der Waals surface area contributed by atoms with E-state index in [1.165, 1.54) is 0 Å². The van der Waals surface area contributed by atoms with E-state index in [1.807, 2.05) is 0 Å². The Labute approximate surface area is 113 Å². The zero-order valence-corrected chi connectivity index (χ0v) is 8.65. The SMILES string of the molecule is [KH].[SbH3].[Ti].[V]. The van der Waals surface area contributed by atoms with Crippen molar-refractivity contribution < 1.29 is 40.3 Å². The van der Waals surface area contributed by atoms with Crippen molar-refractivity contribution in [2.75, 3.05) is 0 Å². The van der Waals surface area contributed by atoms with Gasteiger partial charge in [-0.3, -0.25) is 0 Å². The molecular weight excluding hydrogens is 260 g/mol. The predicted octanol–water partition coefficient (Wildman–Crippen LogP) is -1.84. The average Bonchev–Trinajstić information content (AvgIpc) is 0. The maximum atomic E-state index is 0. The second-order valence-corrected chi connectivity index (χ2v) is 0. The minimum atomic E-state index is 0. The summed E-state index contributed by atoms with van der Waals surface area (Å²) < 4.78 is 0. The second kappa shape index (κ2) is 15.9. The summed E-state index contributed by atoms with van der Waals surface area (Å²) in [6.45, 7) is 0. The van der Waals surface area contributed by atoms with Crippen LogP contribution in [0.15, 0.2) is 0 Å². The van der Waals surface area contributed by atoms with Crippen molar-refractivity contribution in [3.05, 3.63) is 0 Å².